The fraction of sp³-hybridized carbons (Fsp3) is 0.167. The smallest absolute Gasteiger partial charge is 0.335 e. The van der Waals surface area contributed by atoms with Crippen molar-refractivity contribution < 1.29 is 24.9 Å². The van der Waals surface area contributed by atoms with Gasteiger partial charge in [-0.15, -0.1) is 0 Å². The van der Waals surface area contributed by atoms with Crippen molar-refractivity contribution in [2.24, 2.45) is 0 Å². The molecule has 3 aromatic rings. The predicted molar refractivity (Wildman–Crippen MR) is 113 cm³/mol. The monoisotopic (exact) mass is 403 g/mol. The molecular weight excluding hydrogens is 382 g/mol. The summed E-state index contributed by atoms with van der Waals surface area (Å²) in [4.78, 5) is 24.3. The van der Waals surface area contributed by atoms with Gasteiger partial charge in [0, 0.05) is 5.69 Å². The lowest BCUT2D eigenvalue weighted by atomic mass is 9.94. The van der Waals surface area contributed by atoms with E-state index in [4.69, 9.17) is 0 Å². The molecule has 30 heavy (non-hydrogen) atoms. The van der Waals surface area contributed by atoms with Crippen molar-refractivity contribution in [1.29, 1.82) is 0 Å². The zero-order valence-corrected chi connectivity index (χ0v) is 16.3. The number of carbonyl (C=O) groups is 2. The first-order valence-corrected chi connectivity index (χ1v) is 9.58. The second-order valence-corrected chi connectivity index (χ2v) is 7.66. The maximum atomic E-state index is 13.0. The Hall–Kier alpha value is -3.80. The van der Waals surface area contributed by atoms with Crippen LogP contribution < -0.4 is 5.32 Å². The zero-order chi connectivity index (χ0) is 21.5. The lowest BCUT2D eigenvalue weighted by Crippen LogP contribution is -2.27. The van der Waals surface area contributed by atoms with E-state index in [-0.39, 0.29) is 23.0 Å². The second-order valence-electron chi connectivity index (χ2n) is 7.66. The summed E-state index contributed by atoms with van der Waals surface area (Å²) in [5, 5.41) is 31.5. The average Bonchev–Trinajstić information content (AvgIpc) is 3.53. The van der Waals surface area contributed by atoms with Crippen molar-refractivity contribution >= 4 is 17.6 Å². The molecule has 152 valence electrons. The summed E-state index contributed by atoms with van der Waals surface area (Å²) in [6.45, 7) is 1.93. The van der Waals surface area contributed by atoms with E-state index >= 15 is 0 Å². The Morgan fingerprint density at radius 1 is 0.933 bits per heavy atom. The minimum atomic E-state index is -0.994. The first-order valence-electron chi connectivity index (χ1n) is 9.58. The van der Waals surface area contributed by atoms with E-state index in [0.29, 0.717) is 24.1 Å². The lowest BCUT2D eigenvalue weighted by molar-refractivity contribution is -0.118. The number of phenols is 2. The standard InChI is InChI=1S/C24H21NO5/c1-14-5-7-18(13-19(14)15-3-2-4-16(11-15)22(28)29)25-23(30)24(9-10-24)17-6-8-20(26)21(27)12-17/h2-8,11-13,26-27H,9-10H2,1H3,(H,25,30)(H,28,29). The van der Waals surface area contributed by atoms with Crippen LogP contribution in [0.2, 0.25) is 0 Å². The van der Waals surface area contributed by atoms with E-state index in [0.717, 1.165) is 16.7 Å². The van der Waals surface area contributed by atoms with Gasteiger partial charge in [0.25, 0.3) is 0 Å². The van der Waals surface area contributed by atoms with Gasteiger partial charge in [-0.05, 0) is 78.4 Å². The highest BCUT2D eigenvalue weighted by atomic mass is 16.4. The summed E-state index contributed by atoms with van der Waals surface area (Å²) in [5.74, 6) is -1.64. The fourth-order valence-corrected chi connectivity index (χ4v) is 3.67. The quantitative estimate of drug-likeness (QED) is 0.471. The first kappa shape index (κ1) is 19.5. The van der Waals surface area contributed by atoms with Crippen LogP contribution in [-0.4, -0.2) is 27.2 Å². The summed E-state index contributed by atoms with van der Waals surface area (Å²) in [6.07, 6.45) is 1.31. The number of aryl methyl sites for hydroxylation is 1. The largest absolute Gasteiger partial charge is 0.504 e. The number of hydrogen-bond donors (Lipinski definition) is 4. The van der Waals surface area contributed by atoms with E-state index in [1.807, 2.05) is 31.2 Å². The van der Waals surface area contributed by atoms with Gasteiger partial charge in [-0.2, -0.15) is 0 Å². The van der Waals surface area contributed by atoms with Gasteiger partial charge in [-0.3, -0.25) is 4.79 Å². The molecule has 3 aromatic carbocycles. The number of carboxylic acid groups (broad SMARTS) is 1. The van der Waals surface area contributed by atoms with Crippen molar-refractivity contribution in [3.8, 4) is 22.6 Å². The van der Waals surface area contributed by atoms with Gasteiger partial charge < -0.3 is 20.6 Å². The van der Waals surface area contributed by atoms with Crippen LogP contribution in [-0.2, 0) is 10.2 Å². The number of amides is 1. The van der Waals surface area contributed by atoms with E-state index in [9.17, 15) is 24.9 Å². The summed E-state index contributed by atoms with van der Waals surface area (Å²) in [7, 11) is 0. The van der Waals surface area contributed by atoms with Crippen LogP contribution >= 0.6 is 0 Å². The topological polar surface area (TPSA) is 107 Å². The molecule has 1 fully saturated rings. The van der Waals surface area contributed by atoms with Crippen LogP contribution in [0.5, 0.6) is 11.5 Å². The Balaban J connectivity index is 1.62. The molecule has 0 unspecified atom stereocenters. The van der Waals surface area contributed by atoms with Crippen LogP contribution in [0.15, 0.2) is 60.7 Å². The van der Waals surface area contributed by atoms with Crippen LogP contribution in [0.1, 0.15) is 34.3 Å². The molecule has 4 rings (SSSR count). The molecule has 0 spiro atoms. The van der Waals surface area contributed by atoms with E-state index < -0.39 is 11.4 Å². The number of phenolic OH excluding ortho intramolecular Hbond substituents is 2. The minimum absolute atomic E-state index is 0.179. The number of carboxylic acids is 1. The molecule has 0 radical (unpaired) electrons. The molecule has 4 N–H and O–H groups in total. The summed E-state index contributed by atoms with van der Waals surface area (Å²) < 4.78 is 0. The number of nitrogens with one attached hydrogen (secondary N) is 1. The van der Waals surface area contributed by atoms with Crippen LogP contribution in [0, 0.1) is 6.92 Å². The third-order valence-corrected chi connectivity index (χ3v) is 5.63. The molecule has 6 nitrogen and oxygen atoms in total. The number of hydrogen-bond acceptors (Lipinski definition) is 4. The highest BCUT2D eigenvalue weighted by Crippen LogP contribution is 2.50. The van der Waals surface area contributed by atoms with Gasteiger partial charge in [0.05, 0.1) is 11.0 Å². The molecule has 0 atom stereocenters. The van der Waals surface area contributed by atoms with Gasteiger partial charge in [-0.25, -0.2) is 4.79 Å². The molecule has 1 aliphatic carbocycles. The summed E-state index contributed by atoms with van der Waals surface area (Å²) >= 11 is 0. The molecule has 0 saturated heterocycles. The Morgan fingerprint density at radius 3 is 2.37 bits per heavy atom. The number of aromatic carboxylic acids is 1. The molecule has 6 heteroatoms. The van der Waals surface area contributed by atoms with Crippen molar-refractivity contribution in [2.45, 2.75) is 25.2 Å². The zero-order valence-electron chi connectivity index (χ0n) is 16.3. The molecule has 0 aromatic heterocycles. The number of carbonyl (C=O) groups excluding carboxylic acids is 1. The van der Waals surface area contributed by atoms with Gasteiger partial charge in [-0.1, -0.05) is 24.3 Å². The Labute approximate surface area is 173 Å². The normalized spacial score (nSPS) is 14.2. The van der Waals surface area contributed by atoms with Gasteiger partial charge in [0.2, 0.25) is 5.91 Å². The average molecular weight is 403 g/mol. The van der Waals surface area contributed by atoms with Crippen LogP contribution in [0.4, 0.5) is 5.69 Å². The van der Waals surface area contributed by atoms with Crippen LogP contribution in [0.3, 0.4) is 0 Å². The van der Waals surface area contributed by atoms with Crippen molar-refractivity contribution in [3.05, 3.63) is 77.4 Å². The Kier molecular flexibility index (Phi) is 4.70. The number of anilines is 1. The summed E-state index contributed by atoms with van der Waals surface area (Å²) in [5.41, 5.74) is 3.30. The maximum absolute atomic E-state index is 13.0. The minimum Gasteiger partial charge on any atom is -0.504 e. The third-order valence-electron chi connectivity index (χ3n) is 5.63. The number of rotatable bonds is 5. The van der Waals surface area contributed by atoms with Crippen LogP contribution in [0.25, 0.3) is 11.1 Å². The highest BCUT2D eigenvalue weighted by molar-refractivity contribution is 6.02. The molecule has 0 aliphatic heterocycles. The van der Waals surface area contributed by atoms with E-state index in [2.05, 4.69) is 5.32 Å². The third kappa shape index (κ3) is 3.48. The summed E-state index contributed by atoms with van der Waals surface area (Å²) in [6, 6.07) is 16.7. The van der Waals surface area contributed by atoms with Gasteiger partial charge >= 0.3 is 5.97 Å². The fourth-order valence-electron chi connectivity index (χ4n) is 3.67. The molecule has 1 saturated carbocycles. The molecule has 1 aliphatic rings. The number of benzene rings is 3. The Bertz CT molecular complexity index is 1160. The van der Waals surface area contributed by atoms with Gasteiger partial charge in [0.1, 0.15) is 0 Å². The molecule has 0 heterocycles. The molecule has 0 bridgehead atoms. The van der Waals surface area contributed by atoms with Gasteiger partial charge in [0.15, 0.2) is 11.5 Å². The Morgan fingerprint density at radius 2 is 1.70 bits per heavy atom. The molecule has 1 amide bonds. The van der Waals surface area contributed by atoms with Crippen molar-refractivity contribution in [2.75, 3.05) is 5.32 Å². The van der Waals surface area contributed by atoms with Crippen molar-refractivity contribution in [3.63, 3.8) is 0 Å². The number of aromatic hydroxyl groups is 2. The highest BCUT2D eigenvalue weighted by Gasteiger charge is 2.51. The lowest BCUT2D eigenvalue weighted by Gasteiger charge is -2.17. The SMILES string of the molecule is Cc1ccc(NC(=O)C2(c3ccc(O)c(O)c3)CC2)cc1-c1cccc(C(=O)O)c1. The predicted octanol–water partition coefficient (Wildman–Crippen LogP) is 4.44. The molecular formula is C24H21NO5. The van der Waals surface area contributed by atoms with Crippen molar-refractivity contribution in [1.82, 2.24) is 0 Å². The van der Waals surface area contributed by atoms with E-state index in [1.54, 1.807) is 18.2 Å². The first-order chi connectivity index (χ1) is 14.3. The maximum Gasteiger partial charge on any atom is 0.335 e. The van der Waals surface area contributed by atoms with E-state index in [1.165, 1.54) is 18.2 Å². The second kappa shape index (κ2) is 7.22.